The highest BCUT2D eigenvalue weighted by Crippen LogP contribution is 2.34. The van der Waals surface area contributed by atoms with Crippen LogP contribution in [0.25, 0.3) is 10.4 Å². The third-order valence-corrected chi connectivity index (χ3v) is 15.2. The zero-order chi connectivity index (χ0) is 50.3. The topological polar surface area (TPSA) is 207 Å². The number of nitrogens with one attached hydrogen (secondary N) is 1. The van der Waals surface area contributed by atoms with Crippen LogP contribution >= 0.6 is 11.8 Å². The fraction of sp³-hybridized carbons (Fsp3) is 0.725. The van der Waals surface area contributed by atoms with E-state index in [9.17, 15) is 29.1 Å². The van der Waals surface area contributed by atoms with E-state index in [1.165, 1.54) is 16.8 Å². The van der Waals surface area contributed by atoms with Crippen LogP contribution < -0.4 is 10.1 Å². The second kappa shape index (κ2) is 26.4. The van der Waals surface area contributed by atoms with Gasteiger partial charge in [-0.2, -0.15) is 0 Å². The van der Waals surface area contributed by atoms with E-state index in [4.69, 9.17) is 20.0 Å². The van der Waals surface area contributed by atoms with Gasteiger partial charge < -0.3 is 34.6 Å². The van der Waals surface area contributed by atoms with E-state index in [1.54, 1.807) is 43.6 Å². The van der Waals surface area contributed by atoms with Gasteiger partial charge in [0.05, 0.1) is 23.8 Å². The number of carbonyl (C=O) groups is 5. The summed E-state index contributed by atoms with van der Waals surface area (Å²) in [4.78, 5) is 84.0. The third-order valence-electron chi connectivity index (χ3n) is 13.9. The van der Waals surface area contributed by atoms with E-state index in [1.807, 2.05) is 72.7 Å². The van der Waals surface area contributed by atoms with Crippen molar-refractivity contribution >= 4 is 46.4 Å². The Kier molecular flexibility index (Phi) is 21.7. The first kappa shape index (κ1) is 56.0. The summed E-state index contributed by atoms with van der Waals surface area (Å²) >= 11 is 1.55. The van der Waals surface area contributed by atoms with E-state index in [0.29, 0.717) is 68.9 Å². The van der Waals surface area contributed by atoms with Crippen LogP contribution in [-0.2, 0) is 35.1 Å². The van der Waals surface area contributed by atoms with Gasteiger partial charge in [-0.25, -0.2) is 4.79 Å². The molecular formula is C51H80N8O8S. The average molecular weight is 965 g/mol. The van der Waals surface area contributed by atoms with Gasteiger partial charge in [0.15, 0.2) is 0 Å². The van der Waals surface area contributed by atoms with Crippen molar-refractivity contribution in [3.05, 3.63) is 51.9 Å². The van der Waals surface area contributed by atoms with E-state index in [0.717, 1.165) is 42.7 Å². The molecule has 1 saturated heterocycles. The van der Waals surface area contributed by atoms with Crippen LogP contribution in [0.1, 0.15) is 132 Å². The summed E-state index contributed by atoms with van der Waals surface area (Å²) in [6.45, 7) is 18.6. The number of hydrogen-bond acceptors (Lipinski definition) is 11. The number of azide groups is 1. The molecule has 0 unspecified atom stereocenters. The molecule has 0 radical (unpaired) electrons. The van der Waals surface area contributed by atoms with Gasteiger partial charge in [-0.05, 0) is 92.9 Å². The molecule has 0 aromatic heterocycles. The van der Waals surface area contributed by atoms with Gasteiger partial charge in [0.2, 0.25) is 23.6 Å². The number of aliphatic imine (C=N–C) groups is 1. The Balaban J connectivity index is 1.64. The minimum absolute atomic E-state index is 0.0141. The number of fused-ring (bicyclic) bond motifs is 2. The molecule has 1 aromatic carbocycles. The maximum atomic E-state index is 14.7. The van der Waals surface area contributed by atoms with Gasteiger partial charge in [-0.1, -0.05) is 97.5 Å². The van der Waals surface area contributed by atoms with Crippen LogP contribution in [0.2, 0.25) is 0 Å². The minimum Gasteiger partial charge on any atom is -0.494 e. The van der Waals surface area contributed by atoms with E-state index < -0.39 is 65.5 Å². The number of esters is 1. The van der Waals surface area contributed by atoms with Crippen LogP contribution in [0.15, 0.2) is 46.0 Å². The molecule has 0 spiro atoms. The van der Waals surface area contributed by atoms with E-state index >= 15 is 0 Å². The number of likely N-dealkylation sites (N-methyl/N-ethyl adjacent to an activating group) is 2. The highest BCUT2D eigenvalue weighted by atomic mass is 32.2. The number of benzene rings is 1. The molecular weight excluding hydrogens is 885 g/mol. The maximum absolute atomic E-state index is 14.7. The predicted octanol–water partition coefficient (Wildman–Crippen LogP) is 7.91. The summed E-state index contributed by atoms with van der Waals surface area (Å²) < 4.78 is 12.3. The number of nitrogens with zero attached hydrogens (tertiary/aromatic N) is 7. The number of cyclic esters (lactones) is 1. The molecule has 4 amide bonds. The largest absolute Gasteiger partial charge is 0.494 e. The Labute approximate surface area is 409 Å². The summed E-state index contributed by atoms with van der Waals surface area (Å²) in [5.41, 5.74) is 9.17. The number of carbonyl (C=O) groups excluding carboxylic acids is 5. The number of aliphatic hydroxyl groups excluding tert-OH is 1. The summed E-state index contributed by atoms with van der Waals surface area (Å²) in [6, 6.07) is 3.27. The van der Waals surface area contributed by atoms with Crippen LogP contribution in [0, 0.1) is 23.2 Å². The number of aliphatic hydroxyl groups is 1. The number of rotatable bonds is 13. The molecule has 0 aliphatic carbocycles. The monoisotopic (exact) mass is 965 g/mol. The van der Waals surface area contributed by atoms with Crippen molar-refractivity contribution in [3.63, 3.8) is 0 Å². The summed E-state index contributed by atoms with van der Waals surface area (Å²) in [5, 5.41) is 18.8. The lowest BCUT2D eigenvalue weighted by molar-refractivity contribution is -0.166. The lowest BCUT2D eigenvalue weighted by atomic mass is 9.81. The molecule has 378 valence electrons. The lowest BCUT2D eigenvalue weighted by Gasteiger charge is -2.39. The Bertz CT molecular complexity index is 1980. The molecule has 0 saturated carbocycles. The molecule has 68 heavy (non-hydrogen) atoms. The second-order valence-electron chi connectivity index (χ2n) is 20.5. The zero-order valence-corrected chi connectivity index (χ0v) is 43.4. The van der Waals surface area contributed by atoms with Gasteiger partial charge in [-0.15, -0.1) is 11.8 Å². The standard InChI is InChI=1S/C51H80N8O8S/c1-12-33(3)44-49(64)59-25-18-19-41(59)50(65)67-43(51(7,8)9)28-32(2)27-42(60)35(5)46-54-38(31-68-46)29-34(4)45(61)55-40(48(63)57(10)36(6)47(62)58(44)11)30-37-20-22-39(23-21-37)66-26-17-15-13-14-16-24-53-56-52/h20-23,29,32-33,35-36,38,40-44,60H,12-19,24-28,30-31H2,1-11H3,(H,55,61)/b34-29+/t32-,33+,35-,36-,38-,40-,41-,42-,43-,44-/m0/s1. The van der Waals surface area contributed by atoms with Gasteiger partial charge in [0.1, 0.15) is 36.0 Å². The molecule has 2 bridgehead atoms. The van der Waals surface area contributed by atoms with Crippen LogP contribution in [-0.4, -0.2) is 136 Å². The zero-order valence-electron chi connectivity index (χ0n) is 42.6. The SMILES string of the molecule is CC[C@@H](C)[C@H]1C(=O)N2CCC[C@H]2C(=O)O[C@H](C(C)(C)C)C[C@@H](C)C[C@H](O)[C@H](C)C2=N[C@@H](/C=C(\C)C(=O)N[C@@H](Cc3ccc(OCCCCCCCN=[N+]=[N-])cc3)C(=O)N(C)[C@@H](C)C(=O)N1C)CS2. The summed E-state index contributed by atoms with van der Waals surface area (Å²) in [6.07, 6.45) is 8.07. The van der Waals surface area contributed by atoms with Gasteiger partial charge in [-0.3, -0.25) is 24.2 Å². The third kappa shape index (κ3) is 15.7. The van der Waals surface area contributed by atoms with Crippen molar-refractivity contribution in [1.82, 2.24) is 20.0 Å². The number of thioether (sulfide) groups is 1. The number of ether oxygens (including phenoxy) is 2. The first-order valence-corrected chi connectivity index (χ1v) is 25.8. The summed E-state index contributed by atoms with van der Waals surface area (Å²) in [7, 11) is 3.11. The second-order valence-corrected chi connectivity index (χ2v) is 21.5. The van der Waals surface area contributed by atoms with Gasteiger partial charge in [0, 0.05) is 55.8 Å². The van der Waals surface area contributed by atoms with Crippen molar-refractivity contribution in [2.45, 2.75) is 175 Å². The highest BCUT2D eigenvalue weighted by molar-refractivity contribution is 8.14. The first-order chi connectivity index (χ1) is 32.2. The lowest BCUT2D eigenvalue weighted by Crippen LogP contribution is -2.59. The quantitative estimate of drug-likeness (QED) is 0.0647. The Morgan fingerprint density at radius 3 is 2.32 bits per heavy atom. The number of unbranched alkanes of at least 4 members (excludes halogenated alkanes) is 4. The summed E-state index contributed by atoms with van der Waals surface area (Å²) in [5.74, 6) is -1.48. The smallest absolute Gasteiger partial charge is 0.329 e. The molecule has 1 aromatic rings. The Morgan fingerprint density at radius 2 is 1.66 bits per heavy atom. The van der Waals surface area contributed by atoms with Crippen molar-refractivity contribution in [1.29, 1.82) is 0 Å². The normalized spacial score (nSPS) is 28.9. The van der Waals surface area contributed by atoms with Crippen molar-refractivity contribution < 1.29 is 38.6 Å². The molecule has 2 N–H and O–H groups in total. The molecule has 10 atom stereocenters. The fourth-order valence-corrected chi connectivity index (χ4v) is 10.3. The molecule has 16 nitrogen and oxygen atoms in total. The number of hydrogen-bond donors (Lipinski definition) is 2. The Morgan fingerprint density at radius 1 is 0.985 bits per heavy atom. The van der Waals surface area contributed by atoms with E-state index in [-0.39, 0.29) is 36.1 Å². The molecule has 3 heterocycles. The van der Waals surface area contributed by atoms with Gasteiger partial charge >= 0.3 is 5.97 Å². The van der Waals surface area contributed by atoms with Crippen LogP contribution in [0.3, 0.4) is 0 Å². The van der Waals surface area contributed by atoms with Crippen LogP contribution in [0.5, 0.6) is 5.75 Å². The molecule has 17 heteroatoms. The predicted molar refractivity (Wildman–Crippen MR) is 268 cm³/mol. The number of amides is 4. The Hall–Kier alpha value is -4.60. The molecule has 3 aliphatic heterocycles. The maximum Gasteiger partial charge on any atom is 0.329 e. The average Bonchev–Trinajstić information content (AvgIpc) is 4.00. The molecule has 1 fully saturated rings. The van der Waals surface area contributed by atoms with Crippen molar-refractivity contribution in [2.24, 2.45) is 33.3 Å². The minimum atomic E-state index is -1.06. The molecule has 3 aliphatic rings. The van der Waals surface area contributed by atoms with Crippen LogP contribution in [0.4, 0.5) is 0 Å². The first-order valence-electron chi connectivity index (χ1n) is 24.8. The van der Waals surface area contributed by atoms with E-state index in [2.05, 4.69) is 15.3 Å². The van der Waals surface area contributed by atoms with Crippen molar-refractivity contribution in [3.8, 4) is 5.75 Å². The highest BCUT2D eigenvalue weighted by Gasteiger charge is 2.45. The van der Waals surface area contributed by atoms with Gasteiger partial charge in [0.25, 0.3) is 0 Å². The van der Waals surface area contributed by atoms with Crippen molar-refractivity contribution in [2.75, 3.05) is 39.5 Å². The fourth-order valence-electron chi connectivity index (χ4n) is 9.12. The molecule has 4 rings (SSSR count).